The fraction of sp³-hybridized carbons (Fsp3) is 0.364. The SMILES string of the molecule is Cc1ccc(S(=O)(=O)[C@@H]2C[C@]2(N)C#N)cc1. The van der Waals surface area contributed by atoms with Crippen molar-refractivity contribution in [1.82, 2.24) is 0 Å². The van der Waals surface area contributed by atoms with Gasteiger partial charge in [-0.15, -0.1) is 0 Å². The van der Waals surface area contributed by atoms with Gasteiger partial charge < -0.3 is 5.73 Å². The van der Waals surface area contributed by atoms with Crippen LogP contribution in [0.2, 0.25) is 0 Å². The summed E-state index contributed by atoms with van der Waals surface area (Å²) in [4.78, 5) is 0.241. The maximum absolute atomic E-state index is 12.0. The molecule has 5 heteroatoms. The van der Waals surface area contributed by atoms with Crippen molar-refractivity contribution in [3.63, 3.8) is 0 Å². The van der Waals surface area contributed by atoms with E-state index >= 15 is 0 Å². The minimum Gasteiger partial charge on any atom is -0.312 e. The number of aryl methyl sites for hydroxylation is 1. The molecule has 0 spiro atoms. The number of nitriles is 1. The molecule has 2 rings (SSSR count). The van der Waals surface area contributed by atoms with Crippen molar-refractivity contribution in [1.29, 1.82) is 5.26 Å². The average molecular weight is 236 g/mol. The summed E-state index contributed by atoms with van der Waals surface area (Å²) in [6.07, 6.45) is 0.222. The van der Waals surface area contributed by atoms with E-state index in [-0.39, 0.29) is 11.3 Å². The van der Waals surface area contributed by atoms with Crippen molar-refractivity contribution in [2.75, 3.05) is 0 Å². The van der Waals surface area contributed by atoms with E-state index in [9.17, 15) is 8.42 Å². The topological polar surface area (TPSA) is 83.9 Å². The lowest BCUT2D eigenvalue weighted by atomic mass is 10.2. The summed E-state index contributed by atoms with van der Waals surface area (Å²) < 4.78 is 24.1. The van der Waals surface area contributed by atoms with Gasteiger partial charge in [0.1, 0.15) is 10.8 Å². The van der Waals surface area contributed by atoms with Crippen LogP contribution in [0.15, 0.2) is 29.2 Å². The normalized spacial score (nSPS) is 28.4. The molecule has 0 radical (unpaired) electrons. The van der Waals surface area contributed by atoms with Crippen molar-refractivity contribution >= 4 is 9.84 Å². The van der Waals surface area contributed by atoms with Gasteiger partial charge in [0.15, 0.2) is 9.84 Å². The molecule has 0 unspecified atom stereocenters. The third-order valence-corrected chi connectivity index (χ3v) is 5.14. The summed E-state index contributed by atoms with van der Waals surface area (Å²) in [7, 11) is -3.45. The number of sulfone groups is 1. The zero-order chi connectivity index (χ0) is 12.0. The van der Waals surface area contributed by atoms with E-state index in [0.717, 1.165) is 5.56 Å². The number of benzene rings is 1. The molecule has 1 aliphatic carbocycles. The Morgan fingerprint density at radius 1 is 1.44 bits per heavy atom. The summed E-state index contributed by atoms with van der Waals surface area (Å²) in [6, 6.07) is 8.44. The Morgan fingerprint density at radius 3 is 2.44 bits per heavy atom. The van der Waals surface area contributed by atoms with E-state index in [2.05, 4.69) is 0 Å². The molecule has 0 aromatic heterocycles. The molecule has 84 valence electrons. The van der Waals surface area contributed by atoms with Gasteiger partial charge in [-0.3, -0.25) is 0 Å². The highest BCUT2D eigenvalue weighted by atomic mass is 32.2. The highest BCUT2D eigenvalue weighted by molar-refractivity contribution is 7.92. The standard InChI is InChI=1S/C11H12N2O2S/c1-8-2-4-9(5-3-8)16(14,15)10-6-11(10,13)7-12/h2-5,10H,6,13H2,1H3/t10-,11+/m1/s1. The van der Waals surface area contributed by atoms with Gasteiger partial charge >= 0.3 is 0 Å². The van der Waals surface area contributed by atoms with E-state index in [0.29, 0.717) is 0 Å². The molecule has 1 fully saturated rings. The molecule has 1 aliphatic rings. The van der Waals surface area contributed by atoms with Crippen LogP contribution in [0, 0.1) is 18.3 Å². The summed E-state index contributed by atoms with van der Waals surface area (Å²) in [5.41, 5.74) is 5.41. The predicted octanol–water partition coefficient (Wildman–Crippen LogP) is 0.762. The minimum absolute atomic E-state index is 0.222. The van der Waals surface area contributed by atoms with Crippen LogP contribution < -0.4 is 5.73 Å². The lowest BCUT2D eigenvalue weighted by Gasteiger charge is -2.05. The molecule has 0 aliphatic heterocycles. The van der Waals surface area contributed by atoms with Crippen molar-refractivity contribution in [2.45, 2.75) is 29.0 Å². The van der Waals surface area contributed by atoms with Crippen LogP contribution in [0.3, 0.4) is 0 Å². The largest absolute Gasteiger partial charge is 0.312 e. The maximum atomic E-state index is 12.0. The fourth-order valence-electron chi connectivity index (χ4n) is 1.64. The van der Waals surface area contributed by atoms with Crippen LogP contribution in [0.1, 0.15) is 12.0 Å². The molecule has 4 nitrogen and oxygen atoms in total. The van der Waals surface area contributed by atoms with E-state index < -0.39 is 20.6 Å². The van der Waals surface area contributed by atoms with Gasteiger partial charge in [0.25, 0.3) is 0 Å². The summed E-state index contributed by atoms with van der Waals surface area (Å²) in [5.74, 6) is 0. The minimum atomic E-state index is -3.45. The molecular weight excluding hydrogens is 224 g/mol. The third kappa shape index (κ3) is 1.60. The molecule has 1 aromatic rings. The van der Waals surface area contributed by atoms with Crippen molar-refractivity contribution < 1.29 is 8.42 Å². The molecule has 0 amide bonds. The van der Waals surface area contributed by atoms with E-state index in [1.165, 1.54) is 0 Å². The summed E-state index contributed by atoms with van der Waals surface area (Å²) in [5, 5.41) is 7.99. The first kappa shape index (κ1) is 11.1. The highest BCUT2D eigenvalue weighted by Crippen LogP contribution is 2.41. The molecule has 2 atom stereocenters. The van der Waals surface area contributed by atoms with Crippen molar-refractivity contribution in [2.24, 2.45) is 5.73 Å². The fourth-order valence-corrected chi connectivity index (χ4v) is 3.59. The number of hydrogen-bond donors (Lipinski definition) is 1. The van der Waals surface area contributed by atoms with Gasteiger partial charge in [-0.1, -0.05) is 17.7 Å². The van der Waals surface area contributed by atoms with Gasteiger partial charge in [0.05, 0.1) is 11.0 Å². The predicted molar refractivity (Wildman–Crippen MR) is 59.3 cm³/mol. The first-order valence-electron chi connectivity index (χ1n) is 4.91. The number of hydrogen-bond acceptors (Lipinski definition) is 4. The molecule has 1 saturated carbocycles. The van der Waals surface area contributed by atoms with Crippen LogP contribution in [0.25, 0.3) is 0 Å². The first-order chi connectivity index (χ1) is 7.40. The third-order valence-electron chi connectivity index (χ3n) is 2.87. The summed E-state index contributed by atoms with van der Waals surface area (Å²) >= 11 is 0. The highest BCUT2D eigenvalue weighted by Gasteiger charge is 2.60. The Balaban J connectivity index is 2.36. The van der Waals surface area contributed by atoms with Crippen LogP contribution in [-0.2, 0) is 9.84 Å². The van der Waals surface area contributed by atoms with Gasteiger partial charge in [-0.2, -0.15) is 5.26 Å². The number of rotatable bonds is 2. The zero-order valence-corrected chi connectivity index (χ0v) is 9.66. The second kappa shape index (κ2) is 3.30. The van der Waals surface area contributed by atoms with Crippen molar-refractivity contribution in [3.8, 4) is 6.07 Å². The quantitative estimate of drug-likeness (QED) is 0.821. The van der Waals surface area contributed by atoms with Gasteiger partial charge in [-0.05, 0) is 25.5 Å². The Labute approximate surface area is 94.6 Å². The Hall–Kier alpha value is -1.38. The van der Waals surface area contributed by atoms with Crippen molar-refractivity contribution in [3.05, 3.63) is 29.8 Å². The Kier molecular flexibility index (Phi) is 2.30. The smallest absolute Gasteiger partial charge is 0.184 e. The van der Waals surface area contributed by atoms with Crippen LogP contribution in [0.4, 0.5) is 0 Å². The zero-order valence-electron chi connectivity index (χ0n) is 8.84. The molecule has 0 saturated heterocycles. The lowest BCUT2D eigenvalue weighted by Crippen LogP contribution is -2.28. The van der Waals surface area contributed by atoms with Crippen LogP contribution in [0.5, 0.6) is 0 Å². The number of nitrogens with two attached hydrogens (primary N) is 1. The molecule has 16 heavy (non-hydrogen) atoms. The first-order valence-corrected chi connectivity index (χ1v) is 6.45. The molecule has 1 aromatic carbocycles. The second-order valence-corrected chi connectivity index (χ2v) is 6.33. The van der Waals surface area contributed by atoms with Gasteiger partial charge in [0.2, 0.25) is 0 Å². The van der Waals surface area contributed by atoms with E-state index in [1.807, 2.05) is 13.0 Å². The van der Waals surface area contributed by atoms with E-state index in [4.69, 9.17) is 11.0 Å². The Bertz CT molecular complexity index is 557. The van der Waals surface area contributed by atoms with Crippen LogP contribution >= 0.6 is 0 Å². The van der Waals surface area contributed by atoms with Gasteiger partial charge in [0, 0.05) is 0 Å². The molecule has 2 N–H and O–H groups in total. The second-order valence-electron chi connectivity index (χ2n) is 4.20. The molecule has 0 heterocycles. The lowest BCUT2D eigenvalue weighted by molar-refractivity contribution is 0.592. The maximum Gasteiger partial charge on any atom is 0.184 e. The molecule has 0 bridgehead atoms. The molecular formula is C11H12N2O2S. The average Bonchev–Trinajstić information content (AvgIpc) is 2.93. The van der Waals surface area contributed by atoms with Gasteiger partial charge in [-0.25, -0.2) is 8.42 Å². The summed E-state index contributed by atoms with van der Waals surface area (Å²) in [6.45, 7) is 1.88. The van der Waals surface area contributed by atoms with Crippen LogP contribution in [-0.4, -0.2) is 19.2 Å². The Morgan fingerprint density at radius 2 is 2.00 bits per heavy atom. The monoisotopic (exact) mass is 236 g/mol. The van der Waals surface area contributed by atoms with E-state index in [1.54, 1.807) is 24.3 Å². The number of nitrogens with zero attached hydrogens (tertiary/aromatic N) is 1.